The van der Waals surface area contributed by atoms with Crippen LogP contribution >= 0.6 is 15.9 Å². The van der Waals surface area contributed by atoms with Gasteiger partial charge in [-0.25, -0.2) is 0 Å². The molecule has 0 spiro atoms. The van der Waals surface area contributed by atoms with Gasteiger partial charge in [0.2, 0.25) is 5.69 Å². The minimum absolute atomic E-state index is 0.194. The first kappa shape index (κ1) is 31.1. The highest BCUT2D eigenvalue weighted by atomic mass is 79.9. The van der Waals surface area contributed by atoms with Gasteiger partial charge in [0.15, 0.2) is 5.71 Å². The minimum Gasteiger partial charge on any atom is -0.344 e. The van der Waals surface area contributed by atoms with Crippen LogP contribution in [0.2, 0.25) is 0 Å². The van der Waals surface area contributed by atoms with E-state index in [2.05, 4.69) is 192 Å². The highest BCUT2D eigenvalue weighted by Crippen LogP contribution is 2.53. The van der Waals surface area contributed by atoms with Gasteiger partial charge in [-0.2, -0.15) is 4.58 Å². The summed E-state index contributed by atoms with van der Waals surface area (Å²) < 4.78 is 3.54. The van der Waals surface area contributed by atoms with Gasteiger partial charge in [-0.3, -0.25) is 0 Å². The van der Waals surface area contributed by atoms with Crippen molar-refractivity contribution < 1.29 is 4.58 Å². The molecule has 2 aliphatic rings. The molecule has 0 saturated carbocycles. The molecule has 7 rings (SSSR count). The van der Waals surface area contributed by atoms with Gasteiger partial charge in [-0.15, -0.1) is 6.58 Å². The molecule has 2 nitrogen and oxygen atoms in total. The molecular weight excluding hydrogens is 636 g/mol. The van der Waals surface area contributed by atoms with Crippen molar-refractivity contribution >= 4 is 43.8 Å². The fourth-order valence-corrected chi connectivity index (χ4v) is 8.67. The average Bonchev–Trinajstić information content (AvgIpc) is 3.45. The Bertz CT molecular complexity index is 2060. The SMILES string of the molecule is C=CCC1(Cc2ccccc2)/C(=C\C=C\C2=[N+](C)c3c(ccc4ccccc34)C2(C)Cc2ccccc2)N(CC)c2cc(Br)ccc21. The Kier molecular flexibility index (Phi) is 8.36. The number of likely N-dealkylation sites (N-methyl/N-ethyl adjacent to an activating group) is 1. The van der Waals surface area contributed by atoms with E-state index in [1.165, 1.54) is 55.8 Å². The number of benzene rings is 5. The van der Waals surface area contributed by atoms with Crippen molar-refractivity contribution in [1.82, 2.24) is 0 Å². The summed E-state index contributed by atoms with van der Waals surface area (Å²) in [6.45, 7) is 9.82. The van der Waals surface area contributed by atoms with Crippen molar-refractivity contribution in [2.24, 2.45) is 0 Å². The second kappa shape index (κ2) is 12.6. The van der Waals surface area contributed by atoms with E-state index < -0.39 is 0 Å². The smallest absolute Gasteiger partial charge is 0.217 e. The van der Waals surface area contributed by atoms with Crippen LogP contribution in [0.25, 0.3) is 10.8 Å². The molecule has 0 N–H and O–H groups in total. The number of nitrogens with zero attached hydrogens (tertiary/aromatic N) is 2. The maximum Gasteiger partial charge on any atom is 0.217 e. The summed E-state index contributed by atoms with van der Waals surface area (Å²) in [6.07, 6.45) is 11.9. The molecule has 2 heterocycles. The Morgan fingerprint density at radius 1 is 0.809 bits per heavy atom. The molecule has 3 heteroatoms. The Morgan fingerprint density at radius 3 is 2.17 bits per heavy atom. The normalized spacial score (nSPS) is 21.2. The predicted molar refractivity (Wildman–Crippen MR) is 203 cm³/mol. The van der Waals surface area contributed by atoms with Crippen LogP contribution in [0, 0.1) is 0 Å². The highest BCUT2D eigenvalue weighted by Gasteiger charge is 2.48. The topological polar surface area (TPSA) is 6.25 Å². The molecule has 5 aromatic rings. The van der Waals surface area contributed by atoms with Crippen LogP contribution < -0.4 is 4.90 Å². The summed E-state index contributed by atoms with van der Waals surface area (Å²) in [6, 6.07) is 42.0. The lowest BCUT2D eigenvalue weighted by molar-refractivity contribution is -0.399. The third kappa shape index (κ3) is 5.31. The van der Waals surface area contributed by atoms with Crippen molar-refractivity contribution in [2.75, 3.05) is 18.5 Å². The number of rotatable bonds is 9. The Balaban J connectivity index is 1.39. The van der Waals surface area contributed by atoms with E-state index in [1.807, 2.05) is 0 Å². The average molecular weight is 679 g/mol. The number of anilines is 1. The van der Waals surface area contributed by atoms with Gasteiger partial charge in [-0.1, -0.05) is 125 Å². The van der Waals surface area contributed by atoms with Gasteiger partial charge in [0.05, 0.1) is 10.8 Å². The molecule has 0 radical (unpaired) electrons. The molecule has 2 atom stereocenters. The quantitative estimate of drug-likeness (QED) is 0.111. The summed E-state index contributed by atoms with van der Waals surface area (Å²) in [7, 11) is 2.24. The predicted octanol–water partition coefficient (Wildman–Crippen LogP) is 10.9. The van der Waals surface area contributed by atoms with Crippen LogP contribution in [0.5, 0.6) is 0 Å². The first-order chi connectivity index (χ1) is 22.9. The summed E-state index contributed by atoms with van der Waals surface area (Å²) in [4.78, 5) is 2.51. The number of fused-ring (bicyclic) bond motifs is 4. The second-order valence-electron chi connectivity index (χ2n) is 13.2. The van der Waals surface area contributed by atoms with Gasteiger partial charge in [0.25, 0.3) is 0 Å². The van der Waals surface area contributed by atoms with Crippen LogP contribution in [0.1, 0.15) is 42.5 Å². The van der Waals surface area contributed by atoms with E-state index in [-0.39, 0.29) is 10.8 Å². The summed E-state index contributed by atoms with van der Waals surface area (Å²) in [5.74, 6) is 0. The number of hydrogen-bond donors (Lipinski definition) is 0. The van der Waals surface area contributed by atoms with Crippen LogP contribution in [0.3, 0.4) is 0 Å². The summed E-state index contributed by atoms with van der Waals surface area (Å²) >= 11 is 3.77. The van der Waals surface area contributed by atoms with Crippen LogP contribution in [0.4, 0.5) is 11.4 Å². The van der Waals surface area contributed by atoms with Crippen molar-refractivity contribution in [3.63, 3.8) is 0 Å². The van der Waals surface area contributed by atoms with Gasteiger partial charge in [0, 0.05) is 39.5 Å². The third-order valence-electron chi connectivity index (χ3n) is 10.4. The fraction of sp³-hybridized carbons (Fsp3) is 0.205. The largest absolute Gasteiger partial charge is 0.344 e. The van der Waals surface area contributed by atoms with Crippen molar-refractivity contribution in [3.05, 3.63) is 179 Å². The Morgan fingerprint density at radius 2 is 1.47 bits per heavy atom. The maximum absolute atomic E-state index is 4.26. The zero-order valence-corrected chi connectivity index (χ0v) is 29.2. The molecular formula is C44H42BrN2+. The molecule has 2 unspecified atom stereocenters. The maximum atomic E-state index is 4.26. The summed E-state index contributed by atoms with van der Waals surface area (Å²) in [5.41, 5.74) is 10.2. The van der Waals surface area contributed by atoms with E-state index in [4.69, 9.17) is 0 Å². The van der Waals surface area contributed by atoms with Crippen LogP contribution in [0.15, 0.2) is 156 Å². The number of halogens is 1. The van der Waals surface area contributed by atoms with Crippen molar-refractivity contribution in [2.45, 2.75) is 43.9 Å². The van der Waals surface area contributed by atoms with E-state index in [0.717, 1.165) is 30.3 Å². The van der Waals surface area contributed by atoms with E-state index in [9.17, 15) is 0 Å². The van der Waals surface area contributed by atoms with E-state index in [1.54, 1.807) is 0 Å². The van der Waals surface area contributed by atoms with Crippen LogP contribution in [-0.2, 0) is 23.7 Å². The number of hydrogen-bond acceptors (Lipinski definition) is 1. The molecule has 5 aromatic carbocycles. The monoisotopic (exact) mass is 677 g/mol. The molecule has 234 valence electrons. The highest BCUT2D eigenvalue weighted by molar-refractivity contribution is 9.10. The standard InChI is InChI=1S/C44H42BrN2/c1-5-28-44(31-33-18-11-8-12-19-33)37-27-25-35(45)29-39(37)47(6-2)41(44)23-15-22-40-43(3,30-32-16-9-7-10-17-32)38-26-24-34-20-13-14-21-36(34)42(38)46(40)4/h5,7-27,29H,1,6,28,30-31H2,2-4H3/q+1. The molecule has 2 aliphatic heterocycles. The second-order valence-corrected chi connectivity index (χ2v) is 14.1. The molecule has 0 amide bonds. The molecule has 47 heavy (non-hydrogen) atoms. The van der Waals surface area contributed by atoms with E-state index in [0.29, 0.717) is 0 Å². The summed E-state index contributed by atoms with van der Waals surface area (Å²) in [5, 5.41) is 2.58. The lowest BCUT2D eigenvalue weighted by Crippen LogP contribution is -2.33. The van der Waals surface area contributed by atoms with Gasteiger partial charge >= 0.3 is 0 Å². The van der Waals surface area contributed by atoms with Crippen LogP contribution in [-0.4, -0.2) is 23.9 Å². The first-order valence-corrected chi connectivity index (χ1v) is 17.5. The molecule has 0 aromatic heterocycles. The van der Waals surface area contributed by atoms with Gasteiger partial charge < -0.3 is 4.90 Å². The molecule has 0 fully saturated rings. The molecule has 0 saturated heterocycles. The van der Waals surface area contributed by atoms with Crippen molar-refractivity contribution in [3.8, 4) is 0 Å². The van der Waals surface area contributed by atoms with Gasteiger partial charge in [0.1, 0.15) is 7.05 Å². The Hall–Kier alpha value is -4.47. The lowest BCUT2D eigenvalue weighted by atomic mass is 9.72. The fourth-order valence-electron chi connectivity index (χ4n) is 8.32. The number of allylic oxidation sites excluding steroid dienone is 5. The zero-order valence-electron chi connectivity index (χ0n) is 27.6. The van der Waals surface area contributed by atoms with E-state index >= 15 is 0 Å². The minimum atomic E-state index is -0.224. The molecule has 0 aliphatic carbocycles. The van der Waals surface area contributed by atoms with Crippen molar-refractivity contribution in [1.29, 1.82) is 0 Å². The zero-order chi connectivity index (χ0) is 32.6. The molecule has 0 bridgehead atoms. The van der Waals surface area contributed by atoms with Gasteiger partial charge in [-0.05, 0) is 79.5 Å². The third-order valence-corrected chi connectivity index (χ3v) is 10.9. The lowest BCUT2D eigenvalue weighted by Gasteiger charge is -2.33. The first-order valence-electron chi connectivity index (χ1n) is 16.7. The Labute approximate surface area is 288 Å².